The van der Waals surface area contributed by atoms with Crippen LogP contribution in [0.3, 0.4) is 0 Å². The highest BCUT2D eigenvalue weighted by Gasteiger charge is 2.32. The summed E-state index contributed by atoms with van der Waals surface area (Å²) in [6, 6.07) is 2.01. The molecule has 2 aliphatic heterocycles. The number of aromatic nitrogens is 1. The van der Waals surface area contributed by atoms with E-state index >= 15 is 0 Å². The van der Waals surface area contributed by atoms with Crippen LogP contribution in [0.4, 0.5) is 5.82 Å². The first-order valence-corrected chi connectivity index (χ1v) is 9.88. The molecule has 140 valence electrons. The number of thioether (sulfide) groups is 1. The molecule has 1 aromatic heterocycles. The molecule has 2 fully saturated rings. The second-order valence-electron chi connectivity index (χ2n) is 6.49. The van der Waals surface area contributed by atoms with Crippen LogP contribution in [0.1, 0.15) is 29.5 Å². The third-order valence-electron chi connectivity index (χ3n) is 4.83. The van der Waals surface area contributed by atoms with Crippen LogP contribution in [-0.4, -0.2) is 39.3 Å². The number of carbonyl (C=O) groups is 1. The van der Waals surface area contributed by atoms with Crippen molar-refractivity contribution in [2.24, 2.45) is 7.05 Å². The van der Waals surface area contributed by atoms with Crippen LogP contribution in [0.15, 0.2) is 22.4 Å². The molecule has 1 aromatic rings. The minimum Gasteiger partial charge on any atom is -0.357 e. The molecule has 0 saturated carbocycles. The Bertz CT molecular complexity index is 965. The van der Waals surface area contributed by atoms with E-state index in [9.17, 15) is 14.9 Å². The summed E-state index contributed by atoms with van der Waals surface area (Å²) in [6.45, 7) is 7.47. The van der Waals surface area contributed by atoms with Gasteiger partial charge in [-0.15, -0.1) is 6.58 Å². The normalized spacial score (nSPS) is 18.5. The van der Waals surface area contributed by atoms with Gasteiger partial charge in [-0.1, -0.05) is 30.1 Å². The van der Waals surface area contributed by atoms with Crippen LogP contribution in [0.2, 0.25) is 0 Å². The van der Waals surface area contributed by atoms with Crippen LogP contribution in [0, 0.1) is 18.3 Å². The first-order valence-electron chi connectivity index (χ1n) is 8.65. The molecule has 3 heterocycles. The van der Waals surface area contributed by atoms with Gasteiger partial charge in [-0.25, -0.2) is 0 Å². The first-order chi connectivity index (χ1) is 12.9. The molecule has 0 aliphatic carbocycles. The maximum Gasteiger partial charge on any atom is 0.270 e. The Morgan fingerprint density at radius 1 is 1.33 bits per heavy atom. The van der Waals surface area contributed by atoms with E-state index in [0.717, 1.165) is 37.3 Å². The Hall–Kier alpha value is -2.37. The summed E-state index contributed by atoms with van der Waals surface area (Å²) in [6.07, 6.45) is 5.50. The van der Waals surface area contributed by atoms with Crippen molar-refractivity contribution in [3.8, 4) is 6.07 Å². The maximum atomic E-state index is 12.7. The predicted molar refractivity (Wildman–Crippen MR) is 113 cm³/mol. The van der Waals surface area contributed by atoms with E-state index in [-0.39, 0.29) is 17.0 Å². The Morgan fingerprint density at radius 2 is 2.00 bits per heavy atom. The maximum absolute atomic E-state index is 12.7. The molecule has 2 aliphatic rings. The number of rotatable bonds is 4. The summed E-state index contributed by atoms with van der Waals surface area (Å²) >= 11 is 6.54. The largest absolute Gasteiger partial charge is 0.357 e. The van der Waals surface area contributed by atoms with E-state index in [4.69, 9.17) is 12.2 Å². The van der Waals surface area contributed by atoms with Gasteiger partial charge in [0.1, 0.15) is 21.8 Å². The molecule has 0 bridgehead atoms. The van der Waals surface area contributed by atoms with Gasteiger partial charge < -0.3 is 4.90 Å². The van der Waals surface area contributed by atoms with Crippen molar-refractivity contribution in [3.05, 3.63) is 44.6 Å². The third kappa shape index (κ3) is 3.33. The van der Waals surface area contributed by atoms with E-state index in [0.29, 0.717) is 21.3 Å². The lowest BCUT2D eigenvalue weighted by atomic mass is 10.0. The van der Waals surface area contributed by atoms with Crippen molar-refractivity contribution in [2.45, 2.75) is 19.8 Å². The molecule has 0 spiro atoms. The first kappa shape index (κ1) is 19.4. The van der Waals surface area contributed by atoms with Crippen LogP contribution in [0.25, 0.3) is 6.08 Å². The van der Waals surface area contributed by atoms with Gasteiger partial charge in [0.2, 0.25) is 0 Å². The number of hydrogen-bond donors (Lipinski definition) is 0. The lowest BCUT2D eigenvalue weighted by Gasteiger charge is -2.25. The summed E-state index contributed by atoms with van der Waals surface area (Å²) in [5, 5.41) is 9.46. The topological polar surface area (TPSA) is 69.3 Å². The van der Waals surface area contributed by atoms with E-state index in [2.05, 4.69) is 11.5 Å². The van der Waals surface area contributed by atoms with Crippen LogP contribution in [0.5, 0.6) is 0 Å². The van der Waals surface area contributed by atoms with E-state index in [1.807, 2.05) is 6.07 Å². The Labute approximate surface area is 167 Å². The van der Waals surface area contributed by atoms with Gasteiger partial charge in [-0.2, -0.15) is 5.26 Å². The summed E-state index contributed by atoms with van der Waals surface area (Å²) < 4.78 is 2.00. The second-order valence-corrected chi connectivity index (χ2v) is 8.16. The monoisotopic (exact) mass is 400 g/mol. The number of nitriles is 1. The van der Waals surface area contributed by atoms with Crippen LogP contribution < -0.4 is 10.5 Å². The Morgan fingerprint density at radius 3 is 2.59 bits per heavy atom. The summed E-state index contributed by atoms with van der Waals surface area (Å²) in [5.74, 6) is 0.576. The van der Waals surface area contributed by atoms with Gasteiger partial charge in [0.05, 0.1) is 4.91 Å². The number of thiocarbonyl (C=S) groups is 1. The molecule has 1 amide bonds. The van der Waals surface area contributed by atoms with Gasteiger partial charge in [0, 0.05) is 32.2 Å². The lowest BCUT2D eigenvalue weighted by molar-refractivity contribution is -0.121. The Balaban J connectivity index is 2.20. The standard InChI is InChI=1S/C19H20N4O2S2/c1-4-7-23-18(25)15(27-19(23)26)10-13-12(2)14(11-20)17(24)21(3)16(13)22-8-5-6-9-22/h4,10H,1,5-9H2,2-3H3/b15-10+. The quantitative estimate of drug-likeness (QED) is 0.440. The molecule has 6 nitrogen and oxygen atoms in total. The average molecular weight is 401 g/mol. The Kier molecular flexibility index (Phi) is 5.53. The van der Waals surface area contributed by atoms with Gasteiger partial charge in [0.25, 0.3) is 11.5 Å². The number of nitrogens with zero attached hydrogens (tertiary/aromatic N) is 4. The number of carbonyl (C=O) groups excluding carboxylic acids is 1. The number of amides is 1. The molecule has 0 aromatic carbocycles. The molecule has 27 heavy (non-hydrogen) atoms. The zero-order chi connectivity index (χ0) is 19.7. The number of pyridine rings is 1. The fourth-order valence-corrected chi connectivity index (χ4v) is 4.70. The molecule has 0 atom stereocenters. The van der Waals surface area contributed by atoms with E-state index in [1.165, 1.54) is 21.2 Å². The minimum atomic E-state index is -0.312. The van der Waals surface area contributed by atoms with Crippen LogP contribution >= 0.6 is 24.0 Å². The zero-order valence-electron chi connectivity index (χ0n) is 15.3. The summed E-state index contributed by atoms with van der Waals surface area (Å²) in [7, 11) is 1.68. The van der Waals surface area contributed by atoms with Gasteiger partial charge in [0.15, 0.2) is 0 Å². The highest BCUT2D eigenvalue weighted by molar-refractivity contribution is 8.26. The van der Waals surface area contributed by atoms with Crippen molar-refractivity contribution in [2.75, 3.05) is 24.5 Å². The summed E-state index contributed by atoms with van der Waals surface area (Å²) in [4.78, 5) is 29.5. The van der Waals surface area contributed by atoms with Crippen molar-refractivity contribution in [3.63, 3.8) is 0 Å². The zero-order valence-corrected chi connectivity index (χ0v) is 17.0. The van der Waals surface area contributed by atoms with Crippen molar-refractivity contribution < 1.29 is 4.79 Å². The molecule has 3 rings (SSSR count). The minimum absolute atomic E-state index is 0.105. The molecule has 8 heteroatoms. The number of anilines is 1. The summed E-state index contributed by atoms with van der Waals surface area (Å²) in [5.41, 5.74) is 1.12. The lowest BCUT2D eigenvalue weighted by Crippen LogP contribution is -2.31. The van der Waals surface area contributed by atoms with Gasteiger partial charge in [-0.05, 0) is 31.4 Å². The average Bonchev–Trinajstić information content (AvgIpc) is 3.25. The molecule has 0 unspecified atom stereocenters. The van der Waals surface area contributed by atoms with Gasteiger partial charge in [-0.3, -0.25) is 19.1 Å². The number of hydrogen-bond acceptors (Lipinski definition) is 6. The van der Waals surface area contributed by atoms with E-state index in [1.54, 1.807) is 26.1 Å². The van der Waals surface area contributed by atoms with E-state index < -0.39 is 0 Å². The van der Waals surface area contributed by atoms with Crippen molar-refractivity contribution in [1.82, 2.24) is 9.47 Å². The fraction of sp³-hybridized carbons (Fsp3) is 0.368. The third-order valence-corrected chi connectivity index (χ3v) is 6.21. The highest BCUT2D eigenvalue weighted by atomic mass is 32.2. The molecular formula is C19H20N4O2S2. The van der Waals surface area contributed by atoms with Crippen molar-refractivity contribution >= 4 is 46.1 Å². The highest BCUT2D eigenvalue weighted by Crippen LogP contribution is 2.36. The molecule has 2 saturated heterocycles. The molecule has 0 N–H and O–H groups in total. The fourth-order valence-electron chi connectivity index (χ4n) is 3.44. The van der Waals surface area contributed by atoms with Crippen LogP contribution in [-0.2, 0) is 11.8 Å². The molecule has 0 radical (unpaired) electrons. The second kappa shape index (κ2) is 7.71. The molecular weight excluding hydrogens is 380 g/mol. The predicted octanol–water partition coefficient (Wildman–Crippen LogP) is 2.55. The SMILES string of the molecule is C=CCN1C(=O)/C(=C\c2c(C)c(C#N)c(=O)n(C)c2N2CCCC2)SC1=S. The smallest absolute Gasteiger partial charge is 0.270 e. The van der Waals surface area contributed by atoms with Gasteiger partial charge >= 0.3 is 0 Å². The van der Waals surface area contributed by atoms with Crippen molar-refractivity contribution in [1.29, 1.82) is 5.26 Å².